The van der Waals surface area contributed by atoms with E-state index < -0.39 is 5.97 Å². The average molecular weight is 467 g/mol. The van der Waals surface area contributed by atoms with E-state index in [1.807, 2.05) is 13.0 Å². The number of hydrogen-bond donors (Lipinski definition) is 1. The van der Waals surface area contributed by atoms with Gasteiger partial charge in [-0.25, -0.2) is 10.2 Å². The minimum Gasteiger partial charge on any atom is -0.494 e. The highest BCUT2D eigenvalue weighted by atomic mass is 79.9. The van der Waals surface area contributed by atoms with E-state index in [0.29, 0.717) is 29.2 Å². The molecule has 0 bridgehead atoms. The monoisotopic (exact) mass is 466 g/mol. The Balaban J connectivity index is 1.54. The van der Waals surface area contributed by atoms with Gasteiger partial charge in [0.15, 0.2) is 0 Å². The van der Waals surface area contributed by atoms with Gasteiger partial charge in [-0.15, -0.1) is 0 Å². The SMILES string of the molecule is CCOc1ccc(C(=O)Oc2ccc(C=NNC(=O)c3cccc(Br)c3)cc2)cc1. The quantitative estimate of drug-likeness (QED) is 0.234. The summed E-state index contributed by atoms with van der Waals surface area (Å²) in [6.45, 7) is 2.46. The summed E-state index contributed by atoms with van der Waals surface area (Å²) in [7, 11) is 0. The van der Waals surface area contributed by atoms with E-state index in [4.69, 9.17) is 9.47 Å². The molecule has 0 aliphatic carbocycles. The number of amides is 1. The number of carbonyl (C=O) groups is 2. The molecule has 0 saturated carbocycles. The molecule has 0 saturated heterocycles. The maximum absolute atomic E-state index is 12.2. The number of carbonyl (C=O) groups excluding carboxylic acids is 2. The van der Waals surface area contributed by atoms with Crippen molar-refractivity contribution in [2.24, 2.45) is 5.10 Å². The van der Waals surface area contributed by atoms with Crippen LogP contribution in [0, 0.1) is 0 Å². The fourth-order valence-electron chi connectivity index (χ4n) is 2.50. The summed E-state index contributed by atoms with van der Waals surface area (Å²) in [6.07, 6.45) is 1.51. The van der Waals surface area contributed by atoms with E-state index >= 15 is 0 Å². The van der Waals surface area contributed by atoms with Gasteiger partial charge < -0.3 is 9.47 Å². The van der Waals surface area contributed by atoms with Crippen LogP contribution < -0.4 is 14.9 Å². The molecule has 0 aliphatic heterocycles. The van der Waals surface area contributed by atoms with E-state index in [0.717, 1.165) is 10.0 Å². The van der Waals surface area contributed by atoms with Crippen molar-refractivity contribution in [2.45, 2.75) is 6.92 Å². The molecular formula is C23H19BrN2O4. The van der Waals surface area contributed by atoms with Crippen LogP contribution in [-0.4, -0.2) is 24.7 Å². The van der Waals surface area contributed by atoms with Gasteiger partial charge in [0.1, 0.15) is 11.5 Å². The zero-order chi connectivity index (χ0) is 21.3. The number of ether oxygens (including phenoxy) is 2. The maximum Gasteiger partial charge on any atom is 0.343 e. The minimum atomic E-state index is -0.458. The zero-order valence-electron chi connectivity index (χ0n) is 16.2. The van der Waals surface area contributed by atoms with Crippen LogP contribution in [-0.2, 0) is 0 Å². The molecule has 0 spiro atoms. The van der Waals surface area contributed by atoms with Gasteiger partial charge in [-0.3, -0.25) is 4.79 Å². The molecule has 0 aromatic heterocycles. The largest absolute Gasteiger partial charge is 0.494 e. The molecular weight excluding hydrogens is 448 g/mol. The molecule has 0 unspecified atom stereocenters. The average Bonchev–Trinajstić information content (AvgIpc) is 2.75. The summed E-state index contributed by atoms with van der Waals surface area (Å²) in [5.41, 5.74) is 4.14. The molecule has 0 radical (unpaired) electrons. The fourth-order valence-corrected chi connectivity index (χ4v) is 2.90. The smallest absolute Gasteiger partial charge is 0.343 e. The second-order valence-corrected chi connectivity index (χ2v) is 7.04. The molecule has 0 aliphatic rings. The molecule has 0 fully saturated rings. The van der Waals surface area contributed by atoms with Crippen LogP contribution in [0.15, 0.2) is 82.4 Å². The normalized spacial score (nSPS) is 10.6. The molecule has 6 nitrogen and oxygen atoms in total. The number of halogens is 1. The van der Waals surface area contributed by atoms with Crippen molar-refractivity contribution in [1.82, 2.24) is 5.43 Å². The van der Waals surface area contributed by atoms with Gasteiger partial charge in [-0.2, -0.15) is 5.10 Å². The second kappa shape index (κ2) is 10.4. The molecule has 0 heterocycles. The number of nitrogens with one attached hydrogen (secondary N) is 1. The first-order chi connectivity index (χ1) is 14.5. The van der Waals surface area contributed by atoms with Crippen molar-refractivity contribution < 1.29 is 19.1 Å². The van der Waals surface area contributed by atoms with Gasteiger partial charge in [-0.05, 0) is 79.2 Å². The van der Waals surface area contributed by atoms with E-state index in [-0.39, 0.29) is 5.91 Å². The van der Waals surface area contributed by atoms with Gasteiger partial charge in [0.25, 0.3) is 5.91 Å². The molecule has 1 N–H and O–H groups in total. The highest BCUT2D eigenvalue weighted by molar-refractivity contribution is 9.10. The molecule has 152 valence electrons. The van der Waals surface area contributed by atoms with E-state index in [1.54, 1.807) is 66.7 Å². The van der Waals surface area contributed by atoms with Crippen molar-refractivity contribution in [3.05, 3.63) is 94.0 Å². The summed E-state index contributed by atoms with van der Waals surface area (Å²) >= 11 is 3.32. The van der Waals surface area contributed by atoms with Crippen LogP contribution in [0.5, 0.6) is 11.5 Å². The first-order valence-corrected chi connectivity index (χ1v) is 9.98. The zero-order valence-corrected chi connectivity index (χ0v) is 17.8. The summed E-state index contributed by atoms with van der Waals surface area (Å²) in [5.74, 6) is 0.336. The fraction of sp³-hybridized carbons (Fsp3) is 0.0870. The lowest BCUT2D eigenvalue weighted by molar-refractivity contribution is 0.0734. The molecule has 3 aromatic carbocycles. The predicted molar refractivity (Wildman–Crippen MR) is 118 cm³/mol. The number of benzene rings is 3. The summed E-state index contributed by atoms with van der Waals surface area (Å²) in [5, 5.41) is 3.95. The number of hydrazone groups is 1. The van der Waals surface area contributed by atoms with Gasteiger partial charge in [0, 0.05) is 10.0 Å². The van der Waals surface area contributed by atoms with E-state index in [1.165, 1.54) is 6.21 Å². The Kier molecular flexibility index (Phi) is 7.34. The molecule has 30 heavy (non-hydrogen) atoms. The van der Waals surface area contributed by atoms with E-state index in [9.17, 15) is 9.59 Å². The van der Waals surface area contributed by atoms with Gasteiger partial charge >= 0.3 is 5.97 Å². The number of esters is 1. The van der Waals surface area contributed by atoms with Gasteiger partial charge in [0.05, 0.1) is 18.4 Å². The van der Waals surface area contributed by atoms with Crippen LogP contribution in [0.2, 0.25) is 0 Å². The number of rotatable bonds is 7. The first-order valence-electron chi connectivity index (χ1n) is 9.19. The highest BCUT2D eigenvalue weighted by Gasteiger charge is 2.09. The maximum atomic E-state index is 12.2. The third-order valence-corrected chi connectivity index (χ3v) is 4.45. The van der Waals surface area contributed by atoms with Crippen molar-refractivity contribution in [3.63, 3.8) is 0 Å². The Bertz CT molecular complexity index is 1050. The lowest BCUT2D eigenvalue weighted by Crippen LogP contribution is -2.17. The lowest BCUT2D eigenvalue weighted by Gasteiger charge is -2.06. The first kappa shape index (κ1) is 21.3. The Hall–Kier alpha value is -3.45. The Morgan fingerprint density at radius 2 is 1.67 bits per heavy atom. The van der Waals surface area contributed by atoms with Gasteiger partial charge in [-0.1, -0.05) is 22.0 Å². The summed E-state index contributed by atoms with van der Waals surface area (Å²) in [4.78, 5) is 24.3. The lowest BCUT2D eigenvalue weighted by atomic mass is 10.2. The third-order valence-electron chi connectivity index (χ3n) is 3.96. The summed E-state index contributed by atoms with van der Waals surface area (Å²) in [6, 6.07) is 20.6. The number of nitrogens with zero attached hydrogens (tertiary/aromatic N) is 1. The van der Waals surface area contributed by atoms with Crippen LogP contribution in [0.1, 0.15) is 33.2 Å². The minimum absolute atomic E-state index is 0.312. The van der Waals surface area contributed by atoms with Crippen molar-refractivity contribution >= 4 is 34.0 Å². The third kappa shape index (κ3) is 6.02. The highest BCUT2D eigenvalue weighted by Crippen LogP contribution is 2.16. The second-order valence-electron chi connectivity index (χ2n) is 6.13. The Morgan fingerprint density at radius 3 is 2.33 bits per heavy atom. The molecule has 7 heteroatoms. The summed E-state index contributed by atoms with van der Waals surface area (Å²) < 4.78 is 11.5. The molecule has 3 aromatic rings. The van der Waals surface area contributed by atoms with Crippen LogP contribution in [0.4, 0.5) is 0 Å². The Labute approximate surface area is 182 Å². The van der Waals surface area contributed by atoms with Crippen molar-refractivity contribution in [2.75, 3.05) is 6.61 Å². The van der Waals surface area contributed by atoms with Gasteiger partial charge in [0.2, 0.25) is 0 Å². The topological polar surface area (TPSA) is 77.0 Å². The molecule has 3 rings (SSSR count). The van der Waals surface area contributed by atoms with E-state index in [2.05, 4.69) is 26.5 Å². The Morgan fingerprint density at radius 1 is 0.967 bits per heavy atom. The van der Waals surface area contributed by atoms with Crippen LogP contribution >= 0.6 is 15.9 Å². The molecule has 1 amide bonds. The van der Waals surface area contributed by atoms with Crippen molar-refractivity contribution in [1.29, 1.82) is 0 Å². The number of hydrogen-bond acceptors (Lipinski definition) is 5. The predicted octanol–water partition coefficient (Wildman–Crippen LogP) is 4.83. The van der Waals surface area contributed by atoms with Crippen LogP contribution in [0.25, 0.3) is 0 Å². The standard InChI is InChI=1S/C23H19BrN2O4/c1-2-29-20-12-8-17(9-13-20)23(28)30-21-10-6-16(7-11-21)15-25-26-22(27)18-4-3-5-19(24)14-18/h3-15H,2H2,1H3,(H,26,27). The van der Waals surface area contributed by atoms with Crippen LogP contribution in [0.3, 0.4) is 0 Å². The van der Waals surface area contributed by atoms with Crippen molar-refractivity contribution in [3.8, 4) is 11.5 Å². The molecule has 0 atom stereocenters.